The van der Waals surface area contributed by atoms with Crippen LogP contribution in [0, 0.1) is 6.92 Å². The van der Waals surface area contributed by atoms with Crippen LogP contribution in [0.15, 0.2) is 46.7 Å². The van der Waals surface area contributed by atoms with Crippen molar-refractivity contribution >= 4 is 44.6 Å². The lowest BCUT2D eigenvalue weighted by atomic mass is 9.88. The van der Waals surface area contributed by atoms with Crippen molar-refractivity contribution in [2.24, 2.45) is 0 Å². The molecule has 41 heavy (non-hydrogen) atoms. The van der Waals surface area contributed by atoms with Gasteiger partial charge in [-0.25, -0.2) is 32.8 Å². The van der Waals surface area contributed by atoms with Gasteiger partial charge in [0, 0.05) is 13.1 Å². The molecule has 3 atom stereocenters. The van der Waals surface area contributed by atoms with Crippen LogP contribution in [-0.2, 0) is 24.2 Å². The van der Waals surface area contributed by atoms with Crippen molar-refractivity contribution in [2.45, 2.75) is 69.5 Å². The summed E-state index contributed by atoms with van der Waals surface area (Å²) < 4.78 is 44.6. The molecular weight excluding hydrogens is 576 g/mol. The maximum atomic E-state index is 13.6. The summed E-state index contributed by atoms with van der Waals surface area (Å²) in [5, 5.41) is 18.6. The third kappa shape index (κ3) is 6.42. The zero-order valence-corrected chi connectivity index (χ0v) is 25.0. The van der Waals surface area contributed by atoms with Gasteiger partial charge in [-0.05, 0) is 64.3 Å². The van der Waals surface area contributed by atoms with Gasteiger partial charge < -0.3 is 19.3 Å². The van der Waals surface area contributed by atoms with E-state index in [0.717, 1.165) is 19.9 Å². The maximum absolute atomic E-state index is 13.6. The minimum atomic E-state index is -4.17. The molecule has 1 aromatic carbocycles. The van der Waals surface area contributed by atoms with Gasteiger partial charge in [-0.1, -0.05) is 17.7 Å². The number of hydrogen-bond donors (Lipinski definition) is 2. The fourth-order valence-electron chi connectivity index (χ4n) is 4.68. The Labute approximate surface area is 242 Å². The van der Waals surface area contributed by atoms with E-state index in [9.17, 15) is 27.9 Å². The largest absolute Gasteiger partial charge is 0.445 e. The van der Waals surface area contributed by atoms with Crippen LogP contribution in [0.25, 0.3) is 0 Å². The zero-order valence-electron chi connectivity index (χ0n) is 23.3. The number of aryl methyl sites for hydroxylation is 1. The first-order valence-electron chi connectivity index (χ1n) is 13.0. The highest BCUT2D eigenvalue weighted by atomic mass is 32.2. The van der Waals surface area contributed by atoms with Crippen LogP contribution in [0.4, 0.5) is 19.4 Å². The number of aliphatic hydroxyl groups is 1. The summed E-state index contributed by atoms with van der Waals surface area (Å²) in [6, 6.07) is 8.15. The van der Waals surface area contributed by atoms with Gasteiger partial charge in [-0.15, -0.1) is 11.3 Å². The standard InChI is InChI=1S/C26H34N4O9S2/c1-16(2)37-24(32)29-14-21(39-23(31)27-22-7-6-12-40-22)26(34)15-28(13-20(26)30(29)25(33)38-17(3)4)41(35,36)19-10-8-18(5)9-11-19/h6-12,16-17,20-21,34H,13-15H2,1-5H3,(H,27,31)/t20-,21+,26-/m1/s1. The molecule has 2 aliphatic heterocycles. The molecule has 2 N–H and O–H groups in total. The SMILES string of the molecule is Cc1ccc(S(=O)(=O)N2C[C@H]3N(C(=O)OC(C)C)N(C(=O)OC(C)C)C[C@H](OC(=O)Nc4cccs4)[C@@]3(O)C2)cc1. The average molecular weight is 611 g/mol. The number of benzene rings is 1. The van der Waals surface area contributed by atoms with Crippen molar-refractivity contribution < 1.29 is 42.1 Å². The lowest BCUT2D eigenvalue weighted by Crippen LogP contribution is -2.73. The number of thiophene rings is 1. The molecule has 3 heterocycles. The van der Waals surface area contributed by atoms with Gasteiger partial charge in [0.25, 0.3) is 0 Å². The second-order valence-electron chi connectivity index (χ2n) is 10.4. The summed E-state index contributed by atoms with van der Waals surface area (Å²) in [7, 11) is -4.17. The fourth-order valence-corrected chi connectivity index (χ4v) is 6.77. The number of amides is 3. The molecule has 3 amide bonds. The van der Waals surface area contributed by atoms with Crippen molar-refractivity contribution in [3.05, 3.63) is 47.3 Å². The first-order valence-corrected chi connectivity index (χ1v) is 15.3. The summed E-state index contributed by atoms with van der Waals surface area (Å²) in [6.45, 7) is 6.80. The first-order chi connectivity index (χ1) is 19.2. The molecule has 224 valence electrons. The number of β-amino-alcohol motifs (C(OH)–C–C–N with tert-alkyl or cyclic N) is 1. The van der Waals surface area contributed by atoms with Gasteiger partial charge in [0.05, 0.1) is 28.6 Å². The van der Waals surface area contributed by atoms with Crippen molar-refractivity contribution in [1.82, 2.24) is 14.3 Å². The molecule has 0 spiro atoms. The van der Waals surface area contributed by atoms with Crippen molar-refractivity contribution in [2.75, 3.05) is 25.0 Å². The summed E-state index contributed by atoms with van der Waals surface area (Å²) in [6.07, 6.45) is -5.52. The smallest absolute Gasteiger partial charge is 0.429 e. The monoisotopic (exact) mass is 610 g/mol. The second-order valence-corrected chi connectivity index (χ2v) is 13.3. The highest BCUT2D eigenvalue weighted by Crippen LogP contribution is 2.39. The van der Waals surface area contributed by atoms with Crippen LogP contribution < -0.4 is 5.32 Å². The Morgan fingerprint density at radius 1 is 1.02 bits per heavy atom. The number of sulfonamides is 1. The Morgan fingerprint density at radius 3 is 2.24 bits per heavy atom. The van der Waals surface area contributed by atoms with Crippen LogP contribution in [0.2, 0.25) is 0 Å². The molecule has 15 heteroatoms. The second kappa shape index (κ2) is 11.8. The van der Waals surface area contributed by atoms with E-state index in [1.807, 2.05) is 6.92 Å². The van der Waals surface area contributed by atoms with Gasteiger partial charge in [0.2, 0.25) is 10.0 Å². The fraction of sp³-hybridized carbons (Fsp3) is 0.500. The Kier molecular flexibility index (Phi) is 8.82. The number of ether oxygens (including phenoxy) is 3. The van der Waals surface area contributed by atoms with E-state index in [-0.39, 0.29) is 4.90 Å². The van der Waals surface area contributed by atoms with Crippen LogP contribution >= 0.6 is 11.3 Å². The van der Waals surface area contributed by atoms with Crippen LogP contribution in [0.3, 0.4) is 0 Å². The molecular formula is C26H34N4O9S2. The van der Waals surface area contributed by atoms with Crippen LogP contribution in [-0.4, -0.2) is 95.7 Å². The molecule has 13 nitrogen and oxygen atoms in total. The lowest BCUT2D eigenvalue weighted by molar-refractivity contribution is -0.190. The Hall–Kier alpha value is -3.40. The lowest BCUT2D eigenvalue weighted by Gasteiger charge is -2.50. The van der Waals surface area contributed by atoms with Crippen LogP contribution in [0.1, 0.15) is 33.3 Å². The van der Waals surface area contributed by atoms with Gasteiger partial charge in [0.15, 0.2) is 6.10 Å². The predicted octanol–water partition coefficient (Wildman–Crippen LogP) is 3.40. The van der Waals surface area contributed by atoms with E-state index in [4.69, 9.17) is 14.2 Å². The number of nitrogens with zero attached hydrogens (tertiary/aromatic N) is 3. The zero-order chi connectivity index (χ0) is 30.1. The van der Waals surface area contributed by atoms with E-state index >= 15 is 0 Å². The molecule has 1 aromatic heterocycles. The van der Waals surface area contributed by atoms with E-state index in [0.29, 0.717) is 5.00 Å². The molecule has 0 saturated carbocycles. The number of anilines is 1. The highest BCUT2D eigenvalue weighted by Gasteiger charge is 2.64. The van der Waals surface area contributed by atoms with E-state index < -0.39 is 77.9 Å². The Morgan fingerprint density at radius 2 is 1.66 bits per heavy atom. The summed E-state index contributed by atoms with van der Waals surface area (Å²) in [4.78, 5) is 39.4. The van der Waals surface area contributed by atoms with Crippen molar-refractivity contribution in [3.63, 3.8) is 0 Å². The number of carbonyl (C=O) groups is 3. The summed E-state index contributed by atoms with van der Waals surface area (Å²) in [5.74, 6) is 0. The molecule has 4 rings (SSSR count). The predicted molar refractivity (Wildman–Crippen MR) is 149 cm³/mol. The minimum absolute atomic E-state index is 0.0226. The summed E-state index contributed by atoms with van der Waals surface area (Å²) in [5.41, 5.74) is -1.26. The van der Waals surface area contributed by atoms with E-state index in [1.54, 1.807) is 57.3 Å². The van der Waals surface area contributed by atoms with Crippen molar-refractivity contribution in [1.29, 1.82) is 0 Å². The molecule has 0 bridgehead atoms. The molecule has 2 fully saturated rings. The van der Waals surface area contributed by atoms with Gasteiger partial charge in [-0.3, -0.25) is 5.32 Å². The topological polar surface area (TPSA) is 155 Å². The number of hydrogen-bond acceptors (Lipinski definition) is 10. The maximum Gasteiger partial charge on any atom is 0.429 e. The highest BCUT2D eigenvalue weighted by molar-refractivity contribution is 7.89. The number of nitrogens with one attached hydrogen (secondary N) is 1. The normalized spacial score (nSPS) is 22.9. The Balaban J connectivity index is 1.74. The van der Waals surface area contributed by atoms with Gasteiger partial charge >= 0.3 is 18.3 Å². The van der Waals surface area contributed by atoms with Gasteiger partial charge in [0.1, 0.15) is 11.6 Å². The molecule has 2 aliphatic rings. The number of hydrazine groups is 1. The number of carbonyl (C=O) groups excluding carboxylic acids is 3. The quantitative estimate of drug-likeness (QED) is 0.468. The molecule has 2 aromatic rings. The molecule has 2 saturated heterocycles. The van der Waals surface area contributed by atoms with Crippen molar-refractivity contribution in [3.8, 4) is 0 Å². The molecule has 0 aliphatic carbocycles. The summed E-state index contributed by atoms with van der Waals surface area (Å²) >= 11 is 1.24. The third-order valence-corrected chi connectivity index (χ3v) is 9.17. The van der Waals surface area contributed by atoms with E-state index in [1.165, 1.54) is 23.5 Å². The minimum Gasteiger partial charge on any atom is -0.445 e. The molecule has 0 radical (unpaired) electrons. The number of rotatable bonds is 6. The van der Waals surface area contributed by atoms with Gasteiger partial charge in [-0.2, -0.15) is 4.31 Å². The molecule has 0 unspecified atom stereocenters. The van der Waals surface area contributed by atoms with E-state index in [2.05, 4.69) is 5.32 Å². The first kappa shape index (κ1) is 30.6. The Bertz CT molecular complexity index is 1370. The van der Waals surface area contributed by atoms with Crippen LogP contribution in [0.5, 0.6) is 0 Å². The number of fused-ring (bicyclic) bond motifs is 1. The third-order valence-electron chi connectivity index (χ3n) is 6.56. The average Bonchev–Trinajstić information content (AvgIpc) is 3.51.